The number of hydrogen-bond donors (Lipinski definition) is 3. The molecule has 9 nitrogen and oxygen atoms in total. The number of benzene rings is 1. The molecule has 2 aliphatic rings. The van der Waals surface area contributed by atoms with Crippen LogP contribution in [0.4, 0.5) is 0 Å². The molecule has 2 aromatic rings. The molecule has 1 aromatic carbocycles. The maximum atomic E-state index is 13.7. The van der Waals surface area contributed by atoms with Gasteiger partial charge in [-0.3, -0.25) is 19.2 Å². The van der Waals surface area contributed by atoms with Crippen LogP contribution in [0.2, 0.25) is 0 Å². The van der Waals surface area contributed by atoms with Gasteiger partial charge in [0.1, 0.15) is 12.1 Å². The van der Waals surface area contributed by atoms with Gasteiger partial charge in [-0.25, -0.2) is 11.6 Å². The number of carbonyl (C=O) groups excluding carboxylic acids is 3. The first-order valence-corrected chi connectivity index (χ1v) is 13.7. The molecule has 0 spiro atoms. The second kappa shape index (κ2) is 10.5. The van der Waals surface area contributed by atoms with Gasteiger partial charge < -0.3 is 20.6 Å². The van der Waals surface area contributed by atoms with Crippen LogP contribution < -0.4 is 10.6 Å². The van der Waals surface area contributed by atoms with E-state index in [1.165, 1.54) is 4.90 Å². The number of aryl methyl sites for hydroxylation is 2. The fourth-order valence-corrected chi connectivity index (χ4v) is 5.61. The highest BCUT2D eigenvalue weighted by Crippen LogP contribution is 2.40. The van der Waals surface area contributed by atoms with Gasteiger partial charge >= 0.3 is 11.4 Å². The fraction of sp³-hybridized carbons (Fsp3) is 0.536. The summed E-state index contributed by atoms with van der Waals surface area (Å²) in [6.45, 7) is 17.1. The minimum absolute atomic E-state index is 0.00918. The lowest BCUT2D eigenvalue weighted by Gasteiger charge is -2.35. The van der Waals surface area contributed by atoms with Crippen LogP contribution in [0.15, 0.2) is 23.7 Å². The SMILES string of the molecule is [C-]#[N+]C1(C(=O)N[C@H](C(=O)N2C[C@H](O)CC2C(=O)NCc2ccc(-c3scnc3C)cc2C)C(C)(C)C)CC1. The molecule has 3 atom stereocenters. The highest BCUT2D eigenvalue weighted by Gasteiger charge is 2.59. The number of aliphatic hydroxyl groups is 1. The van der Waals surface area contributed by atoms with Gasteiger partial charge in [0.05, 0.1) is 22.2 Å². The number of nitrogens with one attached hydrogen (secondary N) is 2. The number of β-amino-alcohol motifs (C(OH)–C–C–N with tert-alkyl or cyclic N) is 1. The van der Waals surface area contributed by atoms with Crippen molar-refractivity contribution in [3.8, 4) is 10.4 Å². The van der Waals surface area contributed by atoms with Crippen molar-refractivity contribution in [1.29, 1.82) is 0 Å². The molecule has 0 bridgehead atoms. The Kier molecular flexibility index (Phi) is 7.64. The van der Waals surface area contributed by atoms with Crippen LogP contribution in [0.1, 0.15) is 56.9 Å². The molecule has 1 aliphatic heterocycles. The van der Waals surface area contributed by atoms with E-state index in [1.54, 1.807) is 11.3 Å². The number of likely N-dealkylation sites (tertiary alicyclic amines) is 1. The maximum absolute atomic E-state index is 13.7. The van der Waals surface area contributed by atoms with E-state index >= 15 is 0 Å². The van der Waals surface area contributed by atoms with Gasteiger partial charge in [-0.05, 0) is 36.0 Å². The number of nitrogens with zero attached hydrogens (tertiary/aromatic N) is 3. The fourth-order valence-electron chi connectivity index (χ4n) is 4.81. The van der Waals surface area contributed by atoms with Gasteiger partial charge in [-0.15, -0.1) is 11.3 Å². The lowest BCUT2D eigenvalue weighted by Crippen LogP contribution is -2.59. The Labute approximate surface area is 227 Å². The van der Waals surface area contributed by atoms with Gasteiger partial charge in [0, 0.05) is 32.4 Å². The summed E-state index contributed by atoms with van der Waals surface area (Å²) in [5.41, 5.74) is 4.11. The molecule has 2 fully saturated rings. The van der Waals surface area contributed by atoms with E-state index in [1.807, 2.05) is 52.3 Å². The smallest absolute Gasteiger partial charge is 0.309 e. The van der Waals surface area contributed by atoms with Gasteiger partial charge in [0.15, 0.2) is 0 Å². The number of hydrogen-bond acceptors (Lipinski definition) is 6. The van der Waals surface area contributed by atoms with Crippen LogP contribution in [-0.4, -0.2) is 63.0 Å². The zero-order valence-corrected chi connectivity index (χ0v) is 23.3. The van der Waals surface area contributed by atoms with Crippen molar-refractivity contribution >= 4 is 29.1 Å². The average Bonchev–Trinajstić information content (AvgIpc) is 3.40. The Morgan fingerprint density at radius 1 is 1.29 bits per heavy atom. The third-order valence-electron chi connectivity index (χ3n) is 7.42. The molecule has 202 valence electrons. The minimum Gasteiger partial charge on any atom is -0.391 e. The first-order valence-electron chi connectivity index (χ1n) is 12.8. The van der Waals surface area contributed by atoms with E-state index in [0.29, 0.717) is 12.8 Å². The topological polar surface area (TPSA) is 116 Å². The van der Waals surface area contributed by atoms with Crippen molar-refractivity contribution in [3.05, 3.63) is 51.9 Å². The normalized spacial score (nSPS) is 20.9. The van der Waals surface area contributed by atoms with E-state index in [9.17, 15) is 19.5 Å². The number of thiazole rings is 1. The highest BCUT2D eigenvalue weighted by molar-refractivity contribution is 7.13. The van der Waals surface area contributed by atoms with Crippen LogP contribution in [0, 0.1) is 25.8 Å². The minimum atomic E-state index is -1.09. The number of amides is 3. The van der Waals surface area contributed by atoms with Gasteiger partial charge in [-0.1, -0.05) is 39.0 Å². The summed E-state index contributed by atoms with van der Waals surface area (Å²) in [6.07, 6.45) is 0.236. The molecule has 38 heavy (non-hydrogen) atoms. The Balaban J connectivity index is 1.45. The number of aliphatic hydroxyl groups excluding tert-OH is 1. The second-order valence-electron chi connectivity index (χ2n) is 11.4. The standard InChI is InChI=1S/C28H35N5O4S/c1-16-11-18(22-17(2)31-15-38-22)7-8-19(16)13-30-24(35)21-12-20(34)14-33(21)25(36)23(27(3,4)5)32-26(37)28(29-6)9-10-28/h7-8,11,15,20-21,23,34H,9-10,12-14H2,1-5H3,(H,30,35)(H,32,37)/t20-,21?,23-/m1/s1. The van der Waals surface area contributed by atoms with E-state index < -0.39 is 41.0 Å². The molecule has 10 heteroatoms. The first-order chi connectivity index (χ1) is 17.9. The predicted octanol–water partition coefficient (Wildman–Crippen LogP) is 2.99. The van der Waals surface area contributed by atoms with Crippen LogP contribution >= 0.6 is 11.3 Å². The Hall–Kier alpha value is -3.29. The molecule has 4 rings (SSSR count). The first kappa shape index (κ1) is 27.7. The van der Waals surface area contributed by atoms with Gasteiger partial charge in [-0.2, -0.15) is 0 Å². The average molecular weight is 538 g/mol. The van der Waals surface area contributed by atoms with Crippen LogP contribution in [-0.2, 0) is 20.9 Å². The van der Waals surface area contributed by atoms with Gasteiger partial charge in [0.25, 0.3) is 0 Å². The zero-order valence-electron chi connectivity index (χ0n) is 22.5. The summed E-state index contributed by atoms with van der Waals surface area (Å²) in [5, 5.41) is 16.1. The lowest BCUT2D eigenvalue weighted by atomic mass is 9.85. The van der Waals surface area contributed by atoms with Gasteiger partial charge in [0.2, 0.25) is 11.8 Å². The van der Waals surface area contributed by atoms with Crippen molar-refractivity contribution < 1.29 is 19.5 Å². The molecule has 1 aliphatic carbocycles. The van der Waals surface area contributed by atoms with Crippen LogP contribution in [0.25, 0.3) is 15.3 Å². The quantitative estimate of drug-likeness (QED) is 0.470. The van der Waals surface area contributed by atoms with E-state index in [0.717, 1.165) is 27.3 Å². The third-order valence-corrected chi connectivity index (χ3v) is 8.39. The van der Waals surface area contributed by atoms with E-state index in [4.69, 9.17) is 6.57 Å². The van der Waals surface area contributed by atoms with Crippen molar-refractivity contribution in [2.45, 2.75) is 84.2 Å². The molecule has 2 heterocycles. The summed E-state index contributed by atoms with van der Waals surface area (Å²) >= 11 is 1.59. The zero-order chi connectivity index (χ0) is 27.8. The summed E-state index contributed by atoms with van der Waals surface area (Å²) in [5.74, 6) is -1.23. The highest BCUT2D eigenvalue weighted by atomic mass is 32.1. The molecule has 0 radical (unpaired) electrons. The third kappa shape index (κ3) is 5.59. The molecular weight excluding hydrogens is 502 g/mol. The molecule has 3 N–H and O–H groups in total. The lowest BCUT2D eigenvalue weighted by molar-refractivity contribution is -0.144. The number of rotatable bonds is 7. The summed E-state index contributed by atoms with van der Waals surface area (Å²) in [7, 11) is 0. The Bertz CT molecular complexity index is 1290. The van der Waals surface area contributed by atoms with Crippen molar-refractivity contribution in [2.24, 2.45) is 5.41 Å². The summed E-state index contributed by atoms with van der Waals surface area (Å²) in [4.78, 5) is 50.0. The molecule has 1 unspecified atom stereocenters. The Morgan fingerprint density at radius 3 is 2.55 bits per heavy atom. The van der Waals surface area contributed by atoms with E-state index in [-0.39, 0.29) is 25.4 Å². The molecule has 1 saturated carbocycles. The predicted molar refractivity (Wildman–Crippen MR) is 145 cm³/mol. The van der Waals surface area contributed by atoms with Crippen LogP contribution in [0.3, 0.4) is 0 Å². The molecule has 1 saturated heterocycles. The number of aromatic nitrogens is 1. The van der Waals surface area contributed by atoms with Crippen LogP contribution in [0.5, 0.6) is 0 Å². The van der Waals surface area contributed by atoms with Crippen molar-refractivity contribution in [3.63, 3.8) is 0 Å². The van der Waals surface area contributed by atoms with Crippen molar-refractivity contribution in [2.75, 3.05) is 6.54 Å². The monoisotopic (exact) mass is 537 g/mol. The molecular formula is C28H35N5O4S. The molecule has 1 aromatic heterocycles. The van der Waals surface area contributed by atoms with Crippen molar-refractivity contribution in [1.82, 2.24) is 20.5 Å². The number of carbonyl (C=O) groups is 3. The summed E-state index contributed by atoms with van der Waals surface area (Å²) < 4.78 is 0. The second-order valence-corrected chi connectivity index (χ2v) is 12.3. The maximum Gasteiger partial charge on any atom is 0.309 e. The summed E-state index contributed by atoms with van der Waals surface area (Å²) in [6, 6.07) is 4.28. The largest absolute Gasteiger partial charge is 0.391 e. The van der Waals surface area contributed by atoms with E-state index in [2.05, 4.69) is 26.5 Å². The Morgan fingerprint density at radius 2 is 2.00 bits per heavy atom. The molecule has 3 amide bonds.